The smallest absolute Gasteiger partial charge is 0.146 e. The van der Waals surface area contributed by atoms with Crippen LogP contribution >= 0.6 is 0 Å². The van der Waals surface area contributed by atoms with E-state index in [1.807, 2.05) is 0 Å². The van der Waals surface area contributed by atoms with E-state index in [4.69, 9.17) is 0 Å². The molecule has 13 heavy (non-hydrogen) atoms. The van der Waals surface area contributed by atoms with Gasteiger partial charge in [-0.3, -0.25) is 9.59 Å². The van der Waals surface area contributed by atoms with Gasteiger partial charge in [-0.1, -0.05) is 13.8 Å². The molecule has 2 nitrogen and oxygen atoms in total. The van der Waals surface area contributed by atoms with E-state index < -0.39 is 5.41 Å². The Morgan fingerprint density at radius 2 is 1.85 bits per heavy atom. The highest BCUT2D eigenvalue weighted by molar-refractivity contribution is 6.08. The van der Waals surface area contributed by atoms with E-state index in [1.54, 1.807) is 6.92 Å². The maximum Gasteiger partial charge on any atom is 0.146 e. The topological polar surface area (TPSA) is 34.1 Å². The van der Waals surface area contributed by atoms with E-state index in [1.165, 1.54) is 0 Å². The van der Waals surface area contributed by atoms with Crippen LogP contribution < -0.4 is 0 Å². The summed E-state index contributed by atoms with van der Waals surface area (Å²) >= 11 is 0. The van der Waals surface area contributed by atoms with Crippen LogP contribution in [0.15, 0.2) is 0 Å². The Morgan fingerprint density at radius 1 is 1.31 bits per heavy atom. The number of hydrogen-bond donors (Lipinski definition) is 0. The molecular formula is C11H18O2. The zero-order valence-electron chi connectivity index (χ0n) is 8.72. The summed E-state index contributed by atoms with van der Waals surface area (Å²) in [5, 5.41) is 0. The highest BCUT2D eigenvalue weighted by Gasteiger charge is 2.52. The fraction of sp³-hybridized carbons (Fsp3) is 0.818. The minimum Gasteiger partial charge on any atom is -0.299 e. The van der Waals surface area contributed by atoms with Crippen molar-refractivity contribution in [3.05, 3.63) is 0 Å². The van der Waals surface area contributed by atoms with Crippen LogP contribution in [0.5, 0.6) is 0 Å². The van der Waals surface area contributed by atoms with E-state index in [0.29, 0.717) is 12.3 Å². The standard InChI is InChI=1S/C11H18O2/c1-8(2)4-5-10(13)11(6-7-11)9(3)12/h8H,4-7H2,1-3H3. The van der Waals surface area contributed by atoms with Crippen LogP contribution in [0.2, 0.25) is 0 Å². The van der Waals surface area contributed by atoms with Gasteiger partial charge in [0, 0.05) is 6.42 Å². The molecule has 0 heterocycles. The van der Waals surface area contributed by atoms with Crippen molar-refractivity contribution in [2.45, 2.75) is 46.5 Å². The number of Topliss-reactive ketones (excluding diaryl/α,β-unsaturated/α-hetero) is 2. The molecule has 0 unspecified atom stereocenters. The van der Waals surface area contributed by atoms with Crippen LogP contribution in [0.25, 0.3) is 0 Å². The first-order valence-corrected chi connectivity index (χ1v) is 5.03. The van der Waals surface area contributed by atoms with E-state index >= 15 is 0 Å². The summed E-state index contributed by atoms with van der Waals surface area (Å²) in [7, 11) is 0. The van der Waals surface area contributed by atoms with Crippen molar-refractivity contribution in [3.8, 4) is 0 Å². The van der Waals surface area contributed by atoms with Gasteiger partial charge in [0.2, 0.25) is 0 Å². The molecule has 0 aromatic heterocycles. The molecule has 0 saturated heterocycles. The normalized spacial score (nSPS) is 18.8. The Hall–Kier alpha value is -0.660. The van der Waals surface area contributed by atoms with Gasteiger partial charge in [0.15, 0.2) is 0 Å². The number of hydrogen-bond acceptors (Lipinski definition) is 2. The highest BCUT2D eigenvalue weighted by Crippen LogP contribution is 2.48. The van der Waals surface area contributed by atoms with Crippen molar-refractivity contribution in [1.82, 2.24) is 0 Å². The zero-order valence-corrected chi connectivity index (χ0v) is 8.72. The number of ketones is 2. The van der Waals surface area contributed by atoms with Gasteiger partial charge in [-0.25, -0.2) is 0 Å². The molecule has 74 valence electrons. The second kappa shape index (κ2) is 3.60. The summed E-state index contributed by atoms with van der Waals surface area (Å²) < 4.78 is 0. The van der Waals surface area contributed by atoms with E-state index in [0.717, 1.165) is 19.3 Å². The van der Waals surface area contributed by atoms with Crippen molar-refractivity contribution in [2.24, 2.45) is 11.3 Å². The van der Waals surface area contributed by atoms with Crippen molar-refractivity contribution < 1.29 is 9.59 Å². The van der Waals surface area contributed by atoms with Crippen LogP contribution in [0, 0.1) is 11.3 Å². The second-order valence-corrected chi connectivity index (χ2v) is 4.49. The largest absolute Gasteiger partial charge is 0.299 e. The van der Waals surface area contributed by atoms with Gasteiger partial charge in [-0.2, -0.15) is 0 Å². The summed E-state index contributed by atoms with van der Waals surface area (Å²) in [5.74, 6) is 0.793. The fourth-order valence-electron chi connectivity index (χ4n) is 1.61. The summed E-state index contributed by atoms with van der Waals surface area (Å²) in [6.07, 6.45) is 3.07. The minimum atomic E-state index is -0.533. The maximum absolute atomic E-state index is 11.7. The van der Waals surface area contributed by atoms with Crippen molar-refractivity contribution in [3.63, 3.8) is 0 Å². The molecule has 2 heteroatoms. The molecule has 0 amide bonds. The maximum atomic E-state index is 11.7. The van der Waals surface area contributed by atoms with Gasteiger partial charge in [0.25, 0.3) is 0 Å². The number of carbonyl (C=O) groups is 2. The SMILES string of the molecule is CC(=O)C1(C(=O)CCC(C)C)CC1. The molecule has 1 saturated carbocycles. The van der Waals surface area contributed by atoms with Crippen molar-refractivity contribution in [2.75, 3.05) is 0 Å². The van der Waals surface area contributed by atoms with Gasteiger partial charge in [0.05, 0.1) is 5.41 Å². The molecule has 0 N–H and O–H groups in total. The molecule has 0 spiro atoms. The lowest BCUT2D eigenvalue weighted by Crippen LogP contribution is -2.23. The predicted molar refractivity (Wildman–Crippen MR) is 51.4 cm³/mol. The first-order valence-electron chi connectivity index (χ1n) is 5.03. The Kier molecular flexibility index (Phi) is 2.89. The Morgan fingerprint density at radius 3 is 2.15 bits per heavy atom. The lowest BCUT2D eigenvalue weighted by atomic mass is 9.91. The molecule has 0 bridgehead atoms. The van der Waals surface area contributed by atoms with Gasteiger partial charge in [0.1, 0.15) is 11.6 Å². The van der Waals surface area contributed by atoms with Gasteiger partial charge in [-0.05, 0) is 32.1 Å². The Balaban J connectivity index is 2.44. The van der Waals surface area contributed by atoms with Crippen LogP contribution in [0.4, 0.5) is 0 Å². The Bertz CT molecular complexity index is 224. The lowest BCUT2D eigenvalue weighted by Gasteiger charge is -2.10. The van der Waals surface area contributed by atoms with Gasteiger partial charge < -0.3 is 0 Å². The number of rotatable bonds is 5. The highest BCUT2D eigenvalue weighted by atomic mass is 16.2. The fourth-order valence-corrected chi connectivity index (χ4v) is 1.61. The lowest BCUT2D eigenvalue weighted by molar-refractivity contribution is -0.133. The number of carbonyl (C=O) groups excluding carboxylic acids is 2. The summed E-state index contributed by atoms with van der Waals surface area (Å²) in [5.41, 5.74) is -0.533. The monoisotopic (exact) mass is 182 g/mol. The third kappa shape index (κ3) is 2.17. The first-order chi connectivity index (χ1) is 5.99. The summed E-state index contributed by atoms with van der Waals surface area (Å²) in [4.78, 5) is 22.8. The predicted octanol–water partition coefficient (Wildman–Crippen LogP) is 2.36. The molecule has 0 aromatic carbocycles. The molecule has 1 aliphatic rings. The van der Waals surface area contributed by atoms with E-state index in [-0.39, 0.29) is 11.6 Å². The average molecular weight is 182 g/mol. The Labute approximate surface area is 79.7 Å². The zero-order chi connectivity index (χ0) is 10.1. The summed E-state index contributed by atoms with van der Waals surface area (Å²) in [6, 6.07) is 0. The van der Waals surface area contributed by atoms with Crippen molar-refractivity contribution in [1.29, 1.82) is 0 Å². The third-order valence-corrected chi connectivity index (χ3v) is 2.91. The molecule has 1 rings (SSSR count). The third-order valence-electron chi connectivity index (χ3n) is 2.91. The van der Waals surface area contributed by atoms with Gasteiger partial charge in [-0.15, -0.1) is 0 Å². The molecule has 1 fully saturated rings. The molecular weight excluding hydrogens is 164 g/mol. The summed E-state index contributed by atoms with van der Waals surface area (Å²) in [6.45, 7) is 5.74. The van der Waals surface area contributed by atoms with E-state index in [2.05, 4.69) is 13.8 Å². The van der Waals surface area contributed by atoms with E-state index in [9.17, 15) is 9.59 Å². The molecule has 0 aliphatic heterocycles. The quantitative estimate of drug-likeness (QED) is 0.612. The van der Waals surface area contributed by atoms with Crippen LogP contribution in [-0.2, 0) is 9.59 Å². The second-order valence-electron chi connectivity index (χ2n) is 4.49. The molecule has 0 radical (unpaired) electrons. The molecule has 1 aliphatic carbocycles. The van der Waals surface area contributed by atoms with Gasteiger partial charge >= 0.3 is 0 Å². The average Bonchev–Trinajstić information content (AvgIpc) is 2.79. The molecule has 0 atom stereocenters. The van der Waals surface area contributed by atoms with Crippen LogP contribution in [0.3, 0.4) is 0 Å². The minimum absolute atomic E-state index is 0.0706. The van der Waals surface area contributed by atoms with Crippen LogP contribution in [0.1, 0.15) is 46.5 Å². The van der Waals surface area contributed by atoms with Crippen molar-refractivity contribution >= 4 is 11.6 Å². The van der Waals surface area contributed by atoms with Crippen LogP contribution in [-0.4, -0.2) is 11.6 Å². The molecule has 0 aromatic rings. The first kappa shape index (κ1) is 10.4.